The van der Waals surface area contributed by atoms with Crippen LogP contribution >= 0.6 is 0 Å². The first kappa shape index (κ1) is 36.3. The highest BCUT2D eigenvalue weighted by Crippen LogP contribution is 2.38. The molecule has 0 aliphatic heterocycles. The van der Waals surface area contributed by atoms with Gasteiger partial charge >= 0.3 is 0 Å². The van der Waals surface area contributed by atoms with Gasteiger partial charge in [-0.15, -0.1) is 0 Å². The summed E-state index contributed by atoms with van der Waals surface area (Å²) in [5, 5.41) is 14.9. The van der Waals surface area contributed by atoms with E-state index < -0.39 is 0 Å². The molecular formula is C57H38N6. The zero-order chi connectivity index (χ0) is 41.9. The Morgan fingerprint density at radius 3 is 1.54 bits per heavy atom. The van der Waals surface area contributed by atoms with Crippen molar-refractivity contribution in [1.29, 1.82) is 5.41 Å². The Kier molecular flexibility index (Phi) is 8.54. The van der Waals surface area contributed by atoms with Gasteiger partial charge < -0.3 is 14.1 Å². The number of para-hydroxylation sites is 4. The van der Waals surface area contributed by atoms with E-state index in [1.165, 1.54) is 43.7 Å². The molecule has 0 amide bonds. The number of rotatable bonds is 6. The van der Waals surface area contributed by atoms with E-state index in [0.717, 1.165) is 55.7 Å². The quantitative estimate of drug-likeness (QED) is 0.127. The van der Waals surface area contributed by atoms with E-state index in [4.69, 9.17) is 15.4 Å². The third-order valence-corrected chi connectivity index (χ3v) is 12.2. The van der Waals surface area contributed by atoms with Crippen LogP contribution in [0.2, 0.25) is 0 Å². The number of H-pyrrole nitrogens is 1. The molecular weight excluding hydrogens is 769 g/mol. The Labute approximate surface area is 362 Å². The molecule has 6 nitrogen and oxygen atoms in total. The zero-order valence-electron chi connectivity index (χ0n) is 34.1. The molecule has 2 N–H and O–H groups in total. The molecule has 12 rings (SSSR count). The predicted molar refractivity (Wildman–Crippen MR) is 260 cm³/mol. The summed E-state index contributed by atoms with van der Waals surface area (Å²) < 4.78 is 4.66. The Morgan fingerprint density at radius 1 is 0.397 bits per heavy atom. The van der Waals surface area contributed by atoms with Crippen molar-refractivity contribution < 1.29 is 0 Å². The third-order valence-electron chi connectivity index (χ3n) is 12.2. The molecule has 0 aliphatic rings. The molecule has 63 heavy (non-hydrogen) atoms. The van der Waals surface area contributed by atoms with Gasteiger partial charge in [-0.05, 0) is 107 Å². The van der Waals surface area contributed by atoms with Crippen LogP contribution in [0.25, 0.3) is 99.4 Å². The molecule has 0 saturated carbocycles. The molecule has 3 aromatic heterocycles. The first-order valence-electron chi connectivity index (χ1n) is 21.2. The molecule has 0 bridgehead atoms. The van der Waals surface area contributed by atoms with Gasteiger partial charge in [-0.3, -0.25) is 5.41 Å². The van der Waals surface area contributed by atoms with Gasteiger partial charge in [0.2, 0.25) is 5.62 Å². The largest absolute Gasteiger partial charge is 0.323 e. The van der Waals surface area contributed by atoms with Crippen LogP contribution in [0, 0.1) is 5.41 Å². The van der Waals surface area contributed by atoms with Crippen LogP contribution in [0.15, 0.2) is 223 Å². The second kappa shape index (κ2) is 14.8. The third kappa shape index (κ3) is 6.23. The van der Waals surface area contributed by atoms with Crippen molar-refractivity contribution in [2.75, 3.05) is 0 Å². The number of nitrogens with zero attached hydrogens (tertiary/aromatic N) is 4. The smallest absolute Gasteiger partial charge is 0.229 e. The van der Waals surface area contributed by atoms with Crippen LogP contribution in [0.3, 0.4) is 0 Å². The number of fused-ring (bicyclic) bond motifs is 7. The van der Waals surface area contributed by atoms with Gasteiger partial charge in [-0.25, -0.2) is 4.98 Å². The average molecular weight is 807 g/mol. The fourth-order valence-corrected chi connectivity index (χ4v) is 9.24. The number of hydrogen-bond donors (Lipinski definition) is 2. The van der Waals surface area contributed by atoms with Gasteiger partial charge in [-0.1, -0.05) is 133 Å². The highest BCUT2D eigenvalue weighted by molar-refractivity contribution is 6.13. The van der Waals surface area contributed by atoms with Crippen molar-refractivity contribution in [1.82, 2.24) is 19.1 Å². The maximum atomic E-state index is 9.11. The summed E-state index contributed by atoms with van der Waals surface area (Å²) in [4.78, 5) is 13.1. The van der Waals surface area contributed by atoms with Gasteiger partial charge in [0.1, 0.15) is 0 Å². The first-order chi connectivity index (χ1) is 31.1. The maximum absolute atomic E-state index is 9.11. The first-order valence-corrected chi connectivity index (χ1v) is 21.2. The molecule has 3 heterocycles. The van der Waals surface area contributed by atoms with Crippen LogP contribution in [0.5, 0.6) is 0 Å². The summed E-state index contributed by atoms with van der Waals surface area (Å²) >= 11 is 0. The van der Waals surface area contributed by atoms with Crippen LogP contribution in [-0.2, 0) is 0 Å². The lowest BCUT2D eigenvalue weighted by Crippen LogP contribution is -2.17. The molecule has 12 aromatic rings. The van der Waals surface area contributed by atoms with Crippen molar-refractivity contribution in [3.05, 3.63) is 230 Å². The molecule has 0 spiro atoms. The SMILES string of the molecule is N=C(N=c1nc(-c2cccc(-c3ccccc3)c2)c2ccccc2[nH]1)c1ccc(-n2c3ccccc3c3cc(-c4ccc5c(c4)c4ccccc4n5-c4ccccc4)ccc32)cc1. The van der Waals surface area contributed by atoms with Gasteiger partial charge in [0.15, 0.2) is 5.84 Å². The molecule has 0 saturated heterocycles. The van der Waals surface area contributed by atoms with Crippen LogP contribution in [0.1, 0.15) is 5.56 Å². The minimum Gasteiger partial charge on any atom is -0.323 e. The Morgan fingerprint density at radius 2 is 0.889 bits per heavy atom. The van der Waals surface area contributed by atoms with E-state index in [0.29, 0.717) is 11.2 Å². The average Bonchev–Trinajstić information content (AvgIpc) is 3.86. The Hall–Kier alpha value is -8.61. The Balaban J connectivity index is 0.900. The normalized spacial score (nSPS) is 12.0. The van der Waals surface area contributed by atoms with Gasteiger partial charge in [-0.2, -0.15) is 4.99 Å². The van der Waals surface area contributed by atoms with Crippen molar-refractivity contribution in [2.45, 2.75) is 0 Å². The standard InChI is InChI=1S/C57H38N6/c58-56(61-57-59-50-23-10-7-22-47(50)55(60-57)42-17-13-16-39(34-42)37-14-3-1-4-15-37)38-26-30-44(31-27-38)63-52-25-12-9-21-46(52)49-36-41(29-33-54(49)63)40-28-32-53-48(35-40)45-20-8-11-24-51(45)62(53)43-18-5-2-6-19-43/h1-36H,(H2,58,59,60,61). The molecule has 9 aromatic carbocycles. The van der Waals surface area contributed by atoms with Gasteiger partial charge in [0.25, 0.3) is 0 Å². The molecule has 296 valence electrons. The molecule has 0 fully saturated rings. The number of aromatic nitrogens is 4. The fourth-order valence-electron chi connectivity index (χ4n) is 9.24. The highest BCUT2D eigenvalue weighted by Gasteiger charge is 2.17. The molecule has 0 atom stereocenters. The second-order valence-electron chi connectivity index (χ2n) is 15.9. The van der Waals surface area contributed by atoms with E-state index in [1.807, 2.05) is 36.4 Å². The molecule has 0 unspecified atom stereocenters. The molecule has 0 aliphatic carbocycles. The second-order valence-corrected chi connectivity index (χ2v) is 15.9. The highest BCUT2D eigenvalue weighted by atomic mass is 15.0. The lowest BCUT2D eigenvalue weighted by atomic mass is 10.00. The van der Waals surface area contributed by atoms with Crippen molar-refractivity contribution in [3.8, 4) is 44.9 Å². The number of aromatic amines is 1. The Bertz CT molecular complexity index is 3800. The lowest BCUT2D eigenvalue weighted by Gasteiger charge is -2.10. The van der Waals surface area contributed by atoms with Gasteiger partial charge in [0, 0.05) is 49.4 Å². The lowest BCUT2D eigenvalue weighted by molar-refractivity contribution is 1.05. The van der Waals surface area contributed by atoms with Crippen molar-refractivity contribution >= 4 is 60.4 Å². The number of nitrogens with one attached hydrogen (secondary N) is 2. The van der Waals surface area contributed by atoms with E-state index in [2.05, 4.69) is 196 Å². The van der Waals surface area contributed by atoms with E-state index >= 15 is 0 Å². The minimum atomic E-state index is 0.125. The molecule has 6 heteroatoms. The van der Waals surface area contributed by atoms with E-state index in [1.54, 1.807) is 0 Å². The van der Waals surface area contributed by atoms with Crippen LogP contribution in [0.4, 0.5) is 0 Å². The van der Waals surface area contributed by atoms with Gasteiger partial charge in [0.05, 0.1) is 33.3 Å². The topological polar surface area (TPSA) is 74.8 Å². The van der Waals surface area contributed by atoms with Crippen molar-refractivity contribution in [2.24, 2.45) is 4.99 Å². The van der Waals surface area contributed by atoms with E-state index in [-0.39, 0.29) is 5.84 Å². The van der Waals surface area contributed by atoms with E-state index in [9.17, 15) is 0 Å². The zero-order valence-corrected chi connectivity index (χ0v) is 34.1. The predicted octanol–water partition coefficient (Wildman–Crippen LogP) is 13.7. The summed E-state index contributed by atoms with van der Waals surface area (Å²) in [5.41, 5.74) is 15.2. The monoisotopic (exact) mass is 806 g/mol. The number of hydrogen-bond acceptors (Lipinski definition) is 2. The van der Waals surface area contributed by atoms with Crippen LogP contribution < -0.4 is 5.62 Å². The maximum Gasteiger partial charge on any atom is 0.229 e. The number of benzene rings is 9. The summed E-state index contributed by atoms with van der Waals surface area (Å²) in [6.07, 6.45) is 0. The summed E-state index contributed by atoms with van der Waals surface area (Å²) in [5.74, 6) is 0.125. The summed E-state index contributed by atoms with van der Waals surface area (Å²) in [6.45, 7) is 0. The fraction of sp³-hybridized carbons (Fsp3) is 0. The van der Waals surface area contributed by atoms with Crippen LogP contribution in [-0.4, -0.2) is 24.9 Å². The minimum absolute atomic E-state index is 0.125. The number of amidine groups is 1. The summed E-state index contributed by atoms with van der Waals surface area (Å²) in [6, 6.07) is 76.5. The molecule has 0 radical (unpaired) electrons. The van der Waals surface area contributed by atoms with Crippen molar-refractivity contribution in [3.63, 3.8) is 0 Å². The summed E-state index contributed by atoms with van der Waals surface area (Å²) in [7, 11) is 0.